The van der Waals surface area contributed by atoms with Gasteiger partial charge in [-0.05, 0) is 50.2 Å². The molecule has 1 amide bonds. The molecule has 1 aliphatic carbocycles. The molecule has 2 saturated heterocycles. The number of nitrogens with zero attached hydrogens (tertiary/aromatic N) is 2. The van der Waals surface area contributed by atoms with Gasteiger partial charge in [0.05, 0.1) is 38.3 Å². The van der Waals surface area contributed by atoms with Crippen molar-refractivity contribution in [1.82, 2.24) is 9.80 Å². The number of hydrogen-bond acceptors (Lipinski definition) is 8. The number of esters is 1. The van der Waals surface area contributed by atoms with Crippen LogP contribution < -0.4 is 9.47 Å². The number of benzene rings is 1. The molecule has 1 saturated carbocycles. The number of ether oxygens (including phenoxy) is 3. The fourth-order valence-electron chi connectivity index (χ4n) is 7.00. The van der Waals surface area contributed by atoms with Gasteiger partial charge in [0, 0.05) is 31.1 Å². The van der Waals surface area contributed by atoms with Gasteiger partial charge in [-0.3, -0.25) is 24.1 Å². The molecule has 9 nitrogen and oxygen atoms in total. The van der Waals surface area contributed by atoms with Crippen LogP contribution in [0.25, 0.3) is 0 Å². The van der Waals surface area contributed by atoms with Crippen LogP contribution in [0.5, 0.6) is 11.5 Å². The Balaban J connectivity index is 1.39. The summed E-state index contributed by atoms with van der Waals surface area (Å²) >= 11 is 0. The van der Waals surface area contributed by atoms with Gasteiger partial charge in [-0.15, -0.1) is 0 Å². The molecule has 9 heteroatoms. The maximum atomic E-state index is 13.7. The number of amides is 1. The first-order chi connectivity index (χ1) is 17.8. The topological polar surface area (TPSA) is 102 Å². The molecule has 37 heavy (non-hydrogen) atoms. The normalized spacial score (nSPS) is 26.2. The second-order valence-electron chi connectivity index (χ2n) is 10.9. The van der Waals surface area contributed by atoms with Crippen molar-refractivity contribution in [2.24, 2.45) is 5.41 Å². The van der Waals surface area contributed by atoms with Gasteiger partial charge in [0.1, 0.15) is 18.1 Å². The lowest BCUT2D eigenvalue weighted by atomic mass is 9.78. The quantitative estimate of drug-likeness (QED) is 0.387. The number of piperazine rings is 1. The Labute approximate surface area is 217 Å². The molecule has 2 unspecified atom stereocenters. The molecule has 1 aromatic rings. The highest BCUT2D eigenvalue weighted by atomic mass is 16.5. The van der Waals surface area contributed by atoms with Crippen LogP contribution in [-0.4, -0.2) is 78.7 Å². The third kappa shape index (κ3) is 4.51. The number of carbonyl (C=O) groups excluding carboxylic acids is 4. The van der Waals surface area contributed by atoms with E-state index in [1.165, 1.54) is 6.92 Å². The minimum atomic E-state index is -0.931. The summed E-state index contributed by atoms with van der Waals surface area (Å²) in [5.41, 5.74) is 1.15. The highest BCUT2D eigenvalue weighted by molar-refractivity contribution is 6.40. The first-order valence-corrected chi connectivity index (χ1v) is 13.3. The van der Waals surface area contributed by atoms with Gasteiger partial charge in [0.15, 0.2) is 0 Å². The molecule has 3 aliphatic heterocycles. The minimum Gasteiger partial charge on any atom is -0.497 e. The number of carbonyl (C=O) groups is 4. The van der Waals surface area contributed by atoms with Crippen molar-refractivity contribution in [3.05, 3.63) is 23.3 Å². The molecular weight excluding hydrogens is 476 g/mol. The van der Waals surface area contributed by atoms with E-state index < -0.39 is 29.0 Å². The van der Waals surface area contributed by atoms with Crippen molar-refractivity contribution in [1.29, 1.82) is 0 Å². The lowest BCUT2D eigenvalue weighted by Crippen LogP contribution is -2.70. The number of ketones is 2. The van der Waals surface area contributed by atoms with Crippen molar-refractivity contribution in [2.45, 2.75) is 83.0 Å². The van der Waals surface area contributed by atoms with Crippen molar-refractivity contribution >= 4 is 23.4 Å². The molecule has 200 valence electrons. The third-order valence-electron chi connectivity index (χ3n) is 8.87. The molecule has 0 aromatic heterocycles. The highest BCUT2D eigenvalue weighted by Crippen LogP contribution is 2.43. The van der Waals surface area contributed by atoms with Crippen LogP contribution in [0.1, 0.15) is 63.0 Å². The summed E-state index contributed by atoms with van der Waals surface area (Å²) in [5, 5.41) is 0. The summed E-state index contributed by atoms with van der Waals surface area (Å²) in [5.74, 6) is 0.0649. The van der Waals surface area contributed by atoms with E-state index in [0.29, 0.717) is 38.0 Å². The van der Waals surface area contributed by atoms with E-state index in [4.69, 9.17) is 14.2 Å². The zero-order valence-corrected chi connectivity index (χ0v) is 21.9. The Bertz CT molecular complexity index is 1110. The molecule has 0 spiro atoms. The van der Waals surface area contributed by atoms with Gasteiger partial charge < -0.3 is 19.1 Å². The first-order valence-electron chi connectivity index (χ1n) is 13.3. The summed E-state index contributed by atoms with van der Waals surface area (Å²) in [6, 6.07) is 3.32. The van der Waals surface area contributed by atoms with E-state index in [-0.39, 0.29) is 31.1 Å². The Hall–Kier alpha value is -2.94. The number of fused-ring (bicyclic) bond motifs is 5. The number of methoxy groups -OCH3 is 2. The van der Waals surface area contributed by atoms with Crippen molar-refractivity contribution < 1.29 is 33.4 Å². The molecule has 3 atom stereocenters. The second kappa shape index (κ2) is 10.1. The predicted molar refractivity (Wildman–Crippen MR) is 133 cm³/mol. The summed E-state index contributed by atoms with van der Waals surface area (Å²) < 4.78 is 16.3. The predicted octanol–water partition coefficient (Wildman–Crippen LogP) is 2.46. The van der Waals surface area contributed by atoms with Crippen molar-refractivity contribution in [3.63, 3.8) is 0 Å². The average Bonchev–Trinajstić information content (AvgIpc) is 3.39. The van der Waals surface area contributed by atoms with Crippen LogP contribution in [0.15, 0.2) is 12.1 Å². The number of hydrogen-bond donors (Lipinski definition) is 0. The van der Waals surface area contributed by atoms with Crippen LogP contribution in [0.2, 0.25) is 0 Å². The molecule has 1 aromatic carbocycles. The van der Waals surface area contributed by atoms with Crippen LogP contribution in [-0.2, 0) is 36.9 Å². The van der Waals surface area contributed by atoms with E-state index in [9.17, 15) is 19.2 Å². The second-order valence-corrected chi connectivity index (χ2v) is 10.9. The van der Waals surface area contributed by atoms with E-state index in [1.54, 1.807) is 14.2 Å². The molecule has 0 radical (unpaired) electrons. The Morgan fingerprint density at radius 2 is 1.78 bits per heavy atom. The Morgan fingerprint density at radius 1 is 1.03 bits per heavy atom. The van der Waals surface area contributed by atoms with E-state index in [1.807, 2.05) is 21.9 Å². The molecule has 0 N–H and O–H groups in total. The maximum absolute atomic E-state index is 13.7. The maximum Gasteiger partial charge on any atom is 0.302 e. The summed E-state index contributed by atoms with van der Waals surface area (Å²) in [4.78, 5) is 56.0. The minimum absolute atomic E-state index is 0.0128. The molecule has 2 bridgehead atoms. The molecule has 4 aliphatic rings. The molecule has 5 rings (SSSR count). The fraction of sp³-hybridized carbons (Fsp3) is 0.643. The summed E-state index contributed by atoms with van der Waals surface area (Å²) in [7, 11) is 3.25. The van der Waals surface area contributed by atoms with Crippen LogP contribution >= 0.6 is 0 Å². The third-order valence-corrected chi connectivity index (χ3v) is 8.87. The lowest BCUT2D eigenvalue weighted by molar-refractivity contribution is -0.161. The zero-order chi connectivity index (χ0) is 26.3. The largest absolute Gasteiger partial charge is 0.497 e. The molecular formula is C28H36N2O7. The van der Waals surface area contributed by atoms with Gasteiger partial charge in [0.25, 0.3) is 0 Å². The van der Waals surface area contributed by atoms with E-state index in [0.717, 1.165) is 42.6 Å². The van der Waals surface area contributed by atoms with Crippen LogP contribution in [0.4, 0.5) is 0 Å². The van der Waals surface area contributed by atoms with E-state index >= 15 is 0 Å². The average molecular weight is 513 g/mol. The first kappa shape index (κ1) is 25.7. The van der Waals surface area contributed by atoms with Crippen LogP contribution in [0.3, 0.4) is 0 Å². The van der Waals surface area contributed by atoms with E-state index in [2.05, 4.69) is 0 Å². The van der Waals surface area contributed by atoms with Gasteiger partial charge in [0.2, 0.25) is 17.5 Å². The van der Waals surface area contributed by atoms with Gasteiger partial charge in [-0.2, -0.15) is 0 Å². The fourth-order valence-corrected chi connectivity index (χ4v) is 7.00. The number of Topliss-reactive ketones (excluding diaryl/α,β-unsaturated/α-hetero) is 2. The molecule has 3 heterocycles. The standard InChI is InChI=1S/C28H36N2O7/c1-17(31)37-16-28(9-4-5-10-28)26(33)24(32)15-29-21-7-6-8-22(29)27(34)30-14-18-11-19(35-2)12-25(36-3)20(18)13-23(21)30/h11-12,21-23H,4-10,13-16H2,1-3H3/t21?,22?,23-/m0/s1. The number of rotatable bonds is 8. The zero-order valence-electron chi connectivity index (χ0n) is 21.9. The summed E-state index contributed by atoms with van der Waals surface area (Å²) in [6.45, 7) is 1.67. The van der Waals surface area contributed by atoms with Crippen LogP contribution in [0, 0.1) is 5.41 Å². The van der Waals surface area contributed by atoms with Gasteiger partial charge >= 0.3 is 5.97 Å². The van der Waals surface area contributed by atoms with Gasteiger partial charge in [-0.25, -0.2) is 0 Å². The highest BCUT2D eigenvalue weighted by Gasteiger charge is 2.52. The SMILES string of the molecule is COc1cc2c(c(OC)c1)C[C@H]1C3CCCC(C(=O)N1C2)N3CC(=O)C(=O)C1(COC(C)=O)CCCC1. The number of piperidine rings is 1. The Morgan fingerprint density at radius 3 is 2.46 bits per heavy atom. The Kier molecular flexibility index (Phi) is 7.00. The molecule has 3 fully saturated rings. The monoisotopic (exact) mass is 512 g/mol. The smallest absolute Gasteiger partial charge is 0.302 e. The lowest BCUT2D eigenvalue weighted by Gasteiger charge is -2.55. The van der Waals surface area contributed by atoms with Gasteiger partial charge in [-0.1, -0.05) is 12.8 Å². The van der Waals surface area contributed by atoms with Crippen molar-refractivity contribution in [2.75, 3.05) is 27.4 Å². The van der Waals surface area contributed by atoms with Crippen molar-refractivity contribution in [3.8, 4) is 11.5 Å². The summed E-state index contributed by atoms with van der Waals surface area (Å²) in [6.07, 6.45) is 5.83.